The molecule has 0 atom stereocenters. The number of aliphatic imine (C=N–C) groups is 1. The van der Waals surface area contributed by atoms with Crippen LogP contribution in [0.1, 0.15) is 5.69 Å². The number of aliphatic carboxylic acids is 1. The molecular weight excluding hydrogens is 298 g/mol. The van der Waals surface area contributed by atoms with E-state index in [1.54, 1.807) is 19.5 Å². The minimum absolute atomic E-state index is 0.00206. The van der Waals surface area contributed by atoms with Gasteiger partial charge in [0, 0.05) is 35.1 Å². The molecule has 0 bridgehead atoms. The summed E-state index contributed by atoms with van der Waals surface area (Å²) in [6, 6.07) is 9.66. The monoisotopic (exact) mass is 311 g/mol. The maximum absolute atomic E-state index is 10.9. The topological polar surface area (TPSA) is 75.4 Å². The number of hydrogen-bond donors (Lipinski definition) is 1. The average Bonchev–Trinajstić information content (AvgIpc) is 2.52. The van der Waals surface area contributed by atoms with Crippen molar-refractivity contribution in [3.63, 3.8) is 0 Å². The predicted octanol–water partition coefficient (Wildman–Crippen LogP) is 3.01. The van der Waals surface area contributed by atoms with Crippen molar-refractivity contribution >= 4 is 45.8 Å². The van der Waals surface area contributed by atoms with E-state index in [2.05, 4.69) is 15.0 Å². The Morgan fingerprint density at radius 2 is 2.23 bits per heavy atom. The van der Waals surface area contributed by atoms with Crippen molar-refractivity contribution < 1.29 is 9.90 Å². The number of benzene rings is 1. The molecule has 3 rings (SSSR count). The van der Waals surface area contributed by atoms with Crippen LogP contribution in [0.15, 0.2) is 46.4 Å². The molecule has 1 N–H and O–H groups in total. The molecule has 0 amide bonds. The van der Waals surface area contributed by atoms with Crippen LogP contribution in [0.2, 0.25) is 0 Å². The van der Waals surface area contributed by atoms with E-state index in [1.807, 2.05) is 30.3 Å². The minimum atomic E-state index is -0.848. The molecule has 0 saturated carbocycles. The molecule has 0 aliphatic carbocycles. The number of pyridine rings is 2. The molecule has 3 aromatic rings. The predicted molar refractivity (Wildman–Crippen MR) is 88.9 cm³/mol. The van der Waals surface area contributed by atoms with Gasteiger partial charge < -0.3 is 5.11 Å². The molecule has 0 spiro atoms. The Labute approximate surface area is 131 Å². The highest BCUT2D eigenvalue weighted by Gasteiger charge is 2.11. The van der Waals surface area contributed by atoms with Gasteiger partial charge in [-0.25, -0.2) is 4.98 Å². The third-order valence-electron chi connectivity index (χ3n) is 3.15. The van der Waals surface area contributed by atoms with Crippen molar-refractivity contribution in [3.05, 3.63) is 42.2 Å². The van der Waals surface area contributed by atoms with Crippen LogP contribution in [0.5, 0.6) is 0 Å². The molecule has 110 valence electrons. The SMILES string of the molecule is CN=Cc1cc(SCC(=O)O)c2ccc3cccnc3c2n1. The van der Waals surface area contributed by atoms with Crippen LogP contribution in [-0.2, 0) is 4.79 Å². The van der Waals surface area contributed by atoms with Crippen molar-refractivity contribution in [3.8, 4) is 0 Å². The van der Waals surface area contributed by atoms with E-state index >= 15 is 0 Å². The Bertz CT molecular complexity index is 893. The Morgan fingerprint density at radius 1 is 1.36 bits per heavy atom. The number of rotatable bonds is 4. The first-order chi connectivity index (χ1) is 10.7. The molecule has 2 aromatic heterocycles. The van der Waals surface area contributed by atoms with E-state index in [4.69, 9.17) is 5.11 Å². The highest BCUT2D eigenvalue weighted by Crippen LogP contribution is 2.31. The maximum Gasteiger partial charge on any atom is 0.313 e. The second-order valence-electron chi connectivity index (χ2n) is 4.65. The largest absolute Gasteiger partial charge is 0.481 e. The highest BCUT2D eigenvalue weighted by molar-refractivity contribution is 8.00. The summed E-state index contributed by atoms with van der Waals surface area (Å²) in [6.07, 6.45) is 3.39. The Hall–Kier alpha value is -2.47. The number of carboxylic acid groups (broad SMARTS) is 1. The lowest BCUT2D eigenvalue weighted by atomic mass is 10.1. The van der Waals surface area contributed by atoms with Gasteiger partial charge in [0.15, 0.2) is 0 Å². The molecule has 6 heteroatoms. The number of hydrogen-bond acceptors (Lipinski definition) is 5. The van der Waals surface area contributed by atoms with Gasteiger partial charge in [-0.15, -0.1) is 11.8 Å². The van der Waals surface area contributed by atoms with Crippen molar-refractivity contribution in [1.82, 2.24) is 9.97 Å². The van der Waals surface area contributed by atoms with Gasteiger partial charge in [-0.05, 0) is 12.1 Å². The first-order valence-electron chi connectivity index (χ1n) is 6.64. The van der Waals surface area contributed by atoms with Crippen LogP contribution >= 0.6 is 11.8 Å². The summed E-state index contributed by atoms with van der Waals surface area (Å²) >= 11 is 1.28. The summed E-state index contributed by atoms with van der Waals surface area (Å²) in [4.78, 5) is 24.7. The summed E-state index contributed by atoms with van der Waals surface area (Å²) < 4.78 is 0. The van der Waals surface area contributed by atoms with Crippen LogP contribution in [0.25, 0.3) is 21.8 Å². The number of aromatic nitrogens is 2. The summed E-state index contributed by atoms with van der Waals surface area (Å²) in [5.74, 6) is -0.846. The van der Waals surface area contributed by atoms with Crippen LogP contribution in [0.4, 0.5) is 0 Å². The molecule has 22 heavy (non-hydrogen) atoms. The molecule has 5 nitrogen and oxygen atoms in total. The fourth-order valence-electron chi connectivity index (χ4n) is 2.27. The van der Waals surface area contributed by atoms with E-state index in [-0.39, 0.29) is 5.75 Å². The number of carboxylic acids is 1. The van der Waals surface area contributed by atoms with Gasteiger partial charge in [-0.2, -0.15) is 0 Å². The Kier molecular flexibility index (Phi) is 4.02. The zero-order valence-corrected chi connectivity index (χ0v) is 12.7. The quantitative estimate of drug-likeness (QED) is 0.455. The van der Waals surface area contributed by atoms with Crippen molar-refractivity contribution in [2.45, 2.75) is 4.90 Å². The second kappa shape index (κ2) is 6.11. The zero-order chi connectivity index (χ0) is 15.5. The lowest BCUT2D eigenvalue weighted by molar-refractivity contribution is -0.133. The normalized spacial score (nSPS) is 11.5. The Balaban J connectivity index is 2.28. The summed E-state index contributed by atoms with van der Waals surface area (Å²) in [6.45, 7) is 0. The molecule has 0 aliphatic heterocycles. The number of thioether (sulfide) groups is 1. The van der Waals surface area contributed by atoms with E-state index in [9.17, 15) is 4.79 Å². The van der Waals surface area contributed by atoms with Gasteiger partial charge in [0.2, 0.25) is 0 Å². The molecule has 2 heterocycles. The molecular formula is C16H13N3O2S. The summed E-state index contributed by atoms with van der Waals surface area (Å²) in [5.41, 5.74) is 2.27. The zero-order valence-electron chi connectivity index (χ0n) is 11.9. The van der Waals surface area contributed by atoms with Gasteiger partial charge >= 0.3 is 5.97 Å². The number of fused-ring (bicyclic) bond motifs is 3. The van der Waals surface area contributed by atoms with Crippen molar-refractivity contribution in [2.24, 2.45) is 4.99 Å². The van der Waals surface area contributed by atoms with E-state index in [0.717, 1.165) is 26.7 Å². The lowest BCUT2D eigenvalue weighted by Gasteiger charge is -2.08. The van der Waals surface area contributed by atoms with Crippen molar-refractivity contribution in [2.75, 3.05) is 12.8 Å². The van der Waals surface area contributed by atoms with E-state index in [1.165, 1.54) is 11.8 Å². The first kappa shape index (κ1) is 14.5. The molecule has 0 fully saturated rings. The Morgan fingerprint density at radius 3 is 3.00 bits per heavy atom. The average molecular weight is 311 g/mol. The third-order valence-corrected chi connectivity index (χ3v) is 4.19. The molecule has 0 radical (unpaired) electrons. The van der Waals surface area contributed by atoms with Crippen LogP contribution in [0.3, 0.4) is 0 Å². The smallest absolute Gasteiger partial charge is 0.313 e. The van der Waals surface area contributed by atoms with Gasteiger partial charge in [0.1, 0.15) is 0 Å². The van der Waals surface area contributed by atoms with Crippen molar-refractivity contribution in [1.29, 1.82) is 0 Å². The highest BCUT2D eigenvalue weighted by atomic mass is 32.2. The summed E-state index contributed by atoms with van der Waals surface area (Å²) in [7, 11) is 1.68. The van der Waals surface area contributed by atoms with Crippen LogP contribution in [0, 0.1) is 0 Å². The van der Waals surface area contributed by atoms with Gasteiger partial charge in [-0.3, -0.25) is 14.8 Å². The molecule has 0 aliphatic rings. The minimum Gasteiger partial charge on any atom is -0.481 e. The summed E-state index contributed by atoms with van der Waals surface area (Å²) in [5, 5.41) is 10.8. The first-order valence-corrected chi connectivity index (χ1v) is 7.63. The third kappa shape index (κ3) is 2.78. The fraction of sp³-hybridized carbons (Fsp3) is 0.125. The van der Waals surface area contributed by atoms with Gasteiger partial charge in [0.25, 0.3) is 0 Å². The number of carbonyl (C=O) groups is 1. The maximum atomic E-state index is 10.9. The second-order valence-corrected chi connectivity index (χ2v) is 5.67. The van der Waals surface area contributed by atoms with E-state index < -0.39 is 5.97 Å². The van der Waals surface area contributed by atoms with Gasteiger partial charge in [0.05, 0.1) is 22.5 Å². The van der Waals surface area contributed by atoms with Gasteiger partial charge in [-0.1, -0.05) is 18.2 Å². The standard InChI is InChI=1S/C16H13N3O2S/c1-17-8-11-7-13(22-9-14(20)21)12-5-4-10-3-2-6-18-15(10)16(12)19-11/h2-8H,9H2,1H3,(H,20,21). The van der Waals surface area contributed by atoms with Crippen LogP contribution in [-0.4, -0.2) is 40.1 Å². The molecule has 1 aromatic carbocycles. The fourth-order valence-corrected chi connectivity index (χ4v) is 3.08. The van der Waals surface area contributed by atoms with Crippen LogP contribution < -0.4 is 0 Å². The molecule has 0 saturated heterocycles. The van der Waals surface area contributed by atoms with E-state index in [0.29, 0.717) is 5.69 Å². The number of nitrogens with zero attached hydrogens (tertiary/aromatic N) is 3. The lowest BCUT2D eigenvalue weighted by Crippen LogP contribution is -1.99. The molecule has 0 unspecified atom stereocenters.